The SMILES string of the molecule is CCCCC[C@@H]1CC(=O)CCC[C@H]1P(=O)(c1ccccc1)c1ccccc1. The normalized spacial score (nSPS) is 21.0. The third-order valence-electron chi connectivity index (χ3n) is 5.91. The van der Waals surface area contributed by atoms with Crippen molar-refractivity contribution in [3.8, 4) is 0 Å². The first-order chi connectivity index (χ1) is 13.2. The van der Waals surface area contributed by atoms with Crippen LogP contribution in [0.5, 0.6) is 0 Å². The van der Waals surface area contributed by atoms with Gasteiger partial charge in [-0.3, -0.25) is 4.79 Å². The molecule has 1 aliphatic rings. The Morgan fingerprint density at radius 3 is 2.07 bits per heavy atom. The van der Waals surface area contributed by atoms with Gasteiger partial charge in [-0.2, -0.15) is 0 Å². The zero-order valence-corrected chi connectivity index (χ0v) is 17.2. The Labute approximate surface area is 163 Å². The van der Waals surface area contributed by atoms with Gasteiger partial charge in [-0.25, -0.2) is 0 Å². The van der Waals surface area contributed by atoms with Crippen LogP contribution in [0.4, 0.5) is 0 Å². The molecule has 0 unspecified atom stereocenters. The van der Waals surface area contributed by atoms with Gasteiger partial charge >= 0.3 is 0 Å². The minimum Gasteiger partial charge on any atom is -0.313 e. The van der Waals surface area contributed by atoms with Crippen LogP contribution in [0.15, 0.2) is 60.7 Å². The molecule has 1 fully saturated rings. The lowest BCUT2D eigenvalue weighted by molar-refractivity contribution is -0.119. The number of unbranched alkanes of at least 4 members (excludes halogenated alkanes) is 2. The Hall–Kier alpha value is -1.66. The summed E-state index contributed by atoms with van der Waals surface area (Å²) in [6.07, 6.45) is 7.45. The second kappa shape index (κ2) is 9.51. The third kappa shape index (κ3) is 4.61. The van der Waals surface area contributed by atoms with Gasteiger partial charge in [0.2, 0.25) is 0 Å². The molecule has 0 spiro atoms. The summed E-state index contributed by atoms with van der Waals surface area (Å²) in [7, 11) is -2.81. The number of rotatable bonds is 7. The van der Waals surface area contributed by atoms with Crippen molar-refractivity contribution >= 4 is 23.5 Å². The molecule has 0 saturated heterocycles. The van der Waals surface area contributed by atoms with Crippen molar-refractivity contribution in [1.82, 2.24) is 0 Å². The molecule has 0 radical (unpaired) electrons. The maximum absolute atomic E-state index is 14.8. The van der Waals surface area contributed by atoms with Gasteiger partial charge in [-0.15, -0.1) is 0 Å². The molecule has 0 aliphatic heterocycles. The summed E-state index contributed by atoms with van der Waals surface area (Å²) in [5.41, 5.74) is 0.0607. The van der Waals surface area contributed by atoms with Crippen LogP contribution in [-0.4, -0.2) is 11.4 Å². The number of hydrogen-bond acceptors (Lipinski definition) is 2. The van der Waals surface area contributed by atoms with Gasteiger partial charge in [0.05, 0.1) is 0 Å². The Morgan fingerprint density at radius 2 is 1.52 bits per heavy atom. The van der Waals surface area contributed by atoms with Crippen molar-refractivity contribution in [2.75, 3.05) is 0 Å². The predicted molar refractivity (Wildman–Crippen MR) is 115 cm³/mol. The number of Topliss-reactive ketones (excluding diaryl/α,β-unsaturated/α-hetero) is 1. The van der Waals surface area contributed by atoms with Gasteiger partial charge in [0.15, 0.2) is 0 Å². The molecule has 0 heterocycles. The minimum absolute atomic E-state index is 0.0607. The fourth-order valence-corrected chi connectivity index (χ4v) is 8.22. The van der Waals surface area contributed by atoms with E-state index in [0.29, 0.717) is 18.6 Å². The standard InChI is InChI=1S/C24H31O2P/c1-2-3-6-12-20-19-21(25)13-11-18-24(20)27(26,22-14-7-4-8-15-22)23-16-9-5-10-17-23/h4-5,7-10,14-17,20,24H,2-3,6,11-13,18-19H2,1H3/t20-,24-/m1/s1. The summed E-state index contributed by atoms with van der Waals surface area (Å²) in [5, 5.41) is 1.88. The highest BCUT2D eigenvalue weighted by molar-refractivity contribution is 7.79. The monoisotopic (exact) mass is 382 g/mol. The molecular weight excluding hydrogens is 351 g/mol. The molecule has 2 nitrogen and oxygen atoms in total. The smallest absolute Gasteiger partial charge is 0.146 e. The summed E-state index contributed by atoms with van der Waals surface area (Å²) in [4.78, 5) is 12.4. The topological polar surface area (TPSA) is 34.1 Å². The summed E-state index contributed by atoms with van der Waals surface area (Å²) in [5.74, 6) is 0.574. The molecular formula is C24H31O2P. The lowest BCUT2D eigenvalue weighted by Crippen LogP contribution is -2.31. The molecule has 2 aromatic carbocycles. The molecule has 3 rings (SSSR count). The van der Waals surface area contributed by atoms with Crippen molar-refractivity contribution in [1.29, 1.82) is 0 Å². The second-order valence-corrected chi connectivity index (χ2v) is 10.8. The van der Waals surface area contributed by atoms with E-state index in [1.807, 2.05) is 60.7 Å². The molecule has 0 N–H and O–H groups in total. The fraction of sp³-hybridized carbons (Fsp3) is 0.458. The molecule has 2 aromatic rings. The minimum atomic E-state index is -2.81. The molecule has 1 saturated carbocycles. The number of carbonyl (C=O) groups excluding carboxylic acids is 1. The van der Waals surface area contributed by atoms with E-state index >= 15 is 0 Å². The molecule has 3 heteroatoms. The van der Waals surface area contributed by atoms with Gasteiger partial charge in [0.1, 0.15) is 12.9 Å². The number of carbonyl (C=O) groups is 1. The van der Waals surface area contributed by atoms with Gasteiger partial charge in [0, 0.05) is 29.1 Å². The molecule has 0 aromatic heterocycles. The van der Waals surface area contributed by atoms with Crippen molar-refractivity contribution < 1.29 is 9.36 Å². The Bertz CT molecular complexity index is 726. The summed E-state index contributed by atoms with van der Waals surface area (Å²) in [6.45, 7) is 2.20. The first-order valence-corrected chi connectivity index (χ1v) is 12.2. The van der Waals surface area contributed by atoms with Crippen LogP contribution in [0.2, 0.25) is 0 Å². The zero-order valence-electron chi connectivity index (χ0n) is 16.3. The molecule has 1 aliphatic carbocycles. The second-order valence-electron chi connectivity index (χ2n) is 7.79. The highest BCUT2D eigenvalue weighted by Gasteiger charge is 2.42. The first-order valence-electron chi connectivity index (χ1n) is 10.4. The molecule has 2 atom stereocenters. The number of ketones is 1. The van der Waals surface area contributed by atoms with E-state index in [1.54, 1.807) is 0 Å². The van der Waals surface area contributed by atoms with E-state index in [2.05, 4.69) is 6.92 Å². The van der Waals surface area contributed by atoms with Crippen molar-refractivity contribution in [3.05, 3.63) is 60.7 Å². The van der Waals surface area contributed by atoms with Crippen LogP contribution in [-0.2, 0) is 9.36 Å². The van der Waals surface area contributed by atoms with E-state index < -0.39 is 7.14 Å². The van der Waals surface area contributed by atoms with Gasteiger partial charge in [-0.05, 0) is 25.2 Å². The molecule has 144 valence electrons. The van der Waals surface area contributed by atoms with Gasteiger partial charge in [0.25, 0.3) is 0 Å². The maximum atomic E-state index is 14.8. The van der Waals surface area contributed by atoms with Crippen LogP contribution in [0.3, 0.4) is 0 Å². The average Bonchev–Trinajstić information content (AvgIpc) is 2.90. The number of benzene rings is 2. The molecule has 0 bridgehead atoms. The van der Waals surface area contributed by atoms with Crippen LogP contribution < -0.4 is 10.6 Å². The van der Waals surface area contributed by atoms with Crippen molar-refractivity contribution in [2.45, 2.75) is 63.9 Å². The number of hydrogen-bond donors (Lipinski definition) is 0. The predicted octanol–water partition coefficient (Wildman–Crippen LogP) is 5.71. The largest absolute Gasteiger partial charge is 0.313 e. The lowest BCUT2D eigenvalue weighted by atomic mass is 9.93. The van der Waals surface area contributed by atoms with Gasteiger partial charge < -0.3 is 4.57 Å². The average molecular weight is 382 g/mol. The van der Waals surface area contributed by atoms with E-state index in [1.165, 1.54) is 12.8 Å². The summed E-state index contributed by atoms with van der Waals surface area (Å²) in [6, 6.07) is 20.0. The highest BCUT2D eigenvalue weighted by Crippen LogP contribution is 2.55. The molecule has 27 heavy (non-hydrogen) atoms. The lowest BCUT2D eigenvalue weighted by Gasteiger charge is -2.33. The Kier molecular flexibility index (Phi) is 7.07. The van der Waals surface area contributed by atoms with Crippen LogP contribution >= 0.6 is 7.14 Å². The third-order valence-corrected chi connectivity index (χ3v) is 9.66. The quantitative estimate of drug-likeness (QED) is 0.349. The van der Waals surface area contributed by atoms with E-state index in [9.17, 15) is 9.36 Å². The van der Waals surface area contributed by atoms with Crippen LogP contribution in [0.25, 0.3) is 0 Å². The Balaban J connectivity index is 2.05. The highest BCUT2D eigenvalue weighted by atomic mass is 31.2. The van der Waals surface area contributed by atoms with Crippen molar-refractivity contribution in [2.24, 2.45) is 5.92 Å². The van der Waals surface area contributed by atoms with Crippen LogP contribution in [0.1, 0.15) is 58.3 Å². The summed E-state index contributed by atoms with van der Waals surface area (Å²) < 4.78 is 14.8. The van der Waals surface area contributed by atoms with Gasteiger partial charge in [-0.1, -0.05) is 86.8 Å². The first kappa shape index (κ1) is 20.1. The fourth-order valence-electron chi connectivity index (χ4n) is 4.54. The Morgan fingerprint density at radius 1 is 0.926 bits per heavy atom. The van der Waals surface area contributed by atoms with Crippen molar-refractivity contribution in [3.63, 3.8) is 0 Å². The molecule has 0 amide bonds. The zero-order chi connectivity index (χ0) is 19.1. The maximum Gasteiger partial charge on any atom is 0.146 e. The van der Waals surface area contributed by atoms with E-state index in [0.717, 1.165) is 36.3 Å². The van der Waals surface area contributed by atoms with Crippen LogP contribution in [0, 0.1) is 5.92 Å². The van der Waals surface area contributed by atoms with E-state index in [-0.39, 0.29) is 11.6 Å². The summed E-state index contributed by atoms with van der Waals surface area (Å²) >= 11 is 0. The van der Waals surface area contributed by atoms with E-state index in [4.69, 9.17) is 0 Å².